The van der Waals surface area contributed by atoms with Gasteiger partial charge in [0.05, 0.1) is 0 Å². The molecule has 9 heteroatoms. The Morgan fingerprint density at radius 2 is 0.514 bits per heavy atom. The Morgan fingerprint density at radius 1 is 0.264 bits per heavy atom. The Kier molecular flexibility index (Phi) is 10.3. The van der Waals surface area contributed by atoms with Crippen LogP contribution >= 0.6 is 0 Å². The molecule has 0 N–H and O–H groups in total. The number of benzene rings is 7. The molecule has 0 spiro atoms. The maximum atomic E-state index is 5.38. The maximum absolute atomic E-state index is 5.38. The molecule has 0 aliphatic carbocycles. The van der Waals surface area contributed by atoms with Gasteiger partial charge in [-0.25, -0.2) is 29.9 Å². The molecule has 13 rings (SSSR count). The Morgan fingerprint density at radius 3 is 0.792 bits per heavy atom. The minimum absolute atomic E-state index is 0.793. The van der Waals surface area contributed by atoms with E-state index in [2.05, 4.69) is 180 Å². The molecule has 0 aliphatic rings. The summed E-state index contributed by atoms with van der Waals surface area (Å²) in [5.41, 5.74) is 20.6. The Labute approximate surface area is 416 Å². The van der Waals surface area contributed by atoms with E-state index in [9.17, 15) is 0 Å². The molecule has 0 amide bonds. The van der Waals surface area contributed by atoms with Gasteiger partial charge in [0.2, 0.25) is 0 Å². The fraction of sp³-hybridized carbons (Fsp3) is 0.0476. The van der Waals surface area contributed by atoms with Crippen LogP contribution < -0.4 is 0 Å². The van der Waals surface area contributed by atoms with Gasteiger partial charge in [0.25, 0.3) is 0 Å². The molecule has 6 heterocycles. The first kappa shape index (κ1) is 42.5. The smallest absolute Gasteiger partial charge is 0.164 e. The molecule has 6 aromatic heterocycles. The third-order valence-electron chi connectivity index (χ3n) is 13.9. The summed E-state index contributed by atoms with van der Waals surface area (Å²) in [6.07, 6.45) is 5.52. The van der Waals surface area contributed by atoms with Gasteiger partial charge < -0.3 is 0 Å². The second-order valence-corrected chi connectivity index (χ2v) is 18.0. The van der Waals surface area contributed by atoms with Gasteiger partial charge in [0.1, 0.15) is 34.0 Å². The lowest BCUT2D eigenvalue weighted by Crippen LogP contribution is -2.06. The minimum Gasteiger partial charge on any atom is -0.277 e. The predicted octanol–water partition coefficient (Wildman–Crippen LogP) is 14.8. The normalized spacial score (nSPS) is 11.5. The van der Waals surface area contributed by atoms with E-state index in [1.165, 1.54) is 0 Å². The highest BCUT2D eigenvalue weighted by Crippen LogP contribution is 2.50. The number of pyridine rings is 3. The van der Waals surface area contributed by atoms with E-state index in [1.807, 2.05) is 73.2 Å². The summed E-state index contributed by atoms with van der Waals surface area (Å²) in [5.74, 6) is 2.42. The molecule has 72 heavy (non-hydrogen) atoms. The molecule has 13 aromatic rings. The number of aromatic nitrogens is 9. The zero-order chi connectivity index (χ0) is 48.3. The van der Waals surface area contributed by atoms with Gasteiger partial charge in [-0.1, -0.05) is 127 Å². The topological polar surface area (TPSA) is 92.1 Å². The van der Waals surface area contributed by atoms with Crippen LogP contribution in [-0.4, -0.2) is 43.6 Å². The largest absolute Gasteiger partial charge is 0.277 e. The number of rotatable bonds is 9. The number of nitrogens with zero attached hydrogens (tertiary/aromatic N) is 9. The Hall–Kier alpha value is -9.60. The third kappa shape index (κ3) is 6.85. The number of imidazole rings is 3. The van der Waals surface area contributed by atoms with E-state index < -0.39 is 0 Å². The van der Waals surface area contributed by atoms with Gasteiger partial charge in [-0.2, -0.15) is 0 Å². The monoisotopic (exact) mass is 927 g/mol. The molecule has 342 valence electrons. The van der Waals surface area contributed by atoms with Gasteiger partial charge in [0, 0.05) is 52.3 Å². The molecule has 0 radical (unpaired) electrons. The summed E-state index contributed by atoms with van der Waals surface area (Å²) in [6.45, 7) is 6.83. The lowest BCUT2D eigenvalue weighted by Gasteiger charge is -2.26. The summed E-state index contributed by atoms with van der Waals surface area (Å²) in [5, 5.41) is 0. The molecule has 7 aromatic carbocycles. The quantitative estimate of drug-likeness (QED) is 0.143. The van der Waals surface area contributed by atoms with Gasteiger partial charge in [-0.15, -0.1) is 0 Å². The second-order valence-electron chi connectivity index (χ2n) is 18.0. The van der Waals surface area contributed by atoms with E-state index in [1.54, 1.807) is 0 Å². The van der Waals surface area contributed by atoms with Crippen molar-refractivity contribution in [1.82, 2.24) is 43.6 Å². The molecule has 9 nitrogen and oxygen atoms in total. The summed E-state index contributed by atoms with van der Waals surface area (Å²) >= 11 is 0. The third-order valence-corrected chi connectivity index (χ3v) is 13.9. The van der Waals surface area contributed by atoms with Crippen LogP contribution in [0.2, 0.25) is 0 Å². The fourth-order valence-corrected chi connectivity index (χ4v) is 10.9. The molecule has 0 unspecified atom stereocenters. The van der Waals surface area contributed by atoms with Crippen molar-refractivity contribution in [3.05, 3.63) is 235 Å². The molecule has 0 fully saturated rings. The van der Waals surface area contributed by atoms with Crippen molar-refractivity contribution >= 4 is 33.5 Å². The molecular weight excluding hydrogens is 883 g/mol. The molecule has 0 atom stereocenters. The highest BCUT2D eigenvalue weighted by Gasteiger charge is 2.29. The number of hydrogen-bond acceptors (Lipinski definition) is 6. The average molecular weight is 928 g/mol. The van der Waals surface area contributed by atoms with Crippen molar-refractivity contribution < 1.29 is 0 Å². The van der Waals surface area contributed by atoms with Crippen LogP contribution in [-0.2, 0) is 0 Å². The van der Waals surface area contributed by atoms with Crippen LogP contribution in [0.5, 0.6) is 0 Å². The van der Waals surface area contributed by atoms with Crippen LogP contribution in [0.1, 0.15) is 16.7 Å². The molecular formula is C63H45N9. The lowest BCUT2D eigenvalue weighted by molar-refractivity contribution is 1.08. The van der Waals surface area contributed by atoms with Crippen molar-refractivity contribution in [3.63, 3.8) is 0 Å². The average Bonchev–Trinajstić information content (AvgIpc) is 4.14. The van der Waals surface area contributed by atoms with Crippen molar-refractivity contribution in [3.8, 4) is 84.6 Å². The van der Waals surface area contributed by atoms with Crippen molar-refractivity contribution in [2.45, 2.75) is 20.8 Å². The molecule has 0 bridgehead atoms. The van der Waals surface area contributed by atoms with Crippen molar-refractivity contribution in [1.29, 1.82) is 0 Å². The standard InChI is InChI=1S/C63H45N9/c1-40-55(46-28-13-16-31-49(46)58-67-52-34-19-37-64-61(52)70(58)43-22-7-4-8-23-43)41(2)57(48-30-15-18-33-51(48)60-69-54-36-21-39-66-63(54)72(60)45-26-11-6-12-27-45)42(3)56(40)47-29-14-17-32-50(47)59-68-53-35-20-38-65-62(53)71(59)44-24-9-5-10-25-44/h4-39H,1-3H3. The first-order valence-electron chi connectivity index (χ1n) is 24.1. The van der Waals surface area contributed by atoms with E-state index in [4.69, 9.17) is 29.9 Å². The Bertz CT molecular complexity index is 3740. The SMILES string of the molecule is Cc1c(-c2ccccc2-c2nc3cccnc3n2-c2ccccc2)c(C)c(-c2ccccc2-c2nc3cccnc3n2-c2ccccc2)c(C)c1-c1ccccc1-c1nc2cccnc2n1-c1ccccc1. The number of hydrogen-bond donors (Lipinski definition) is 0. The lowest BCUT2D eigenvalue weighted by atomic mass is 9.78. The van der Waals surface area contributed by atoms with E-state index in [0.29, 0.717) is 0 Å². The van der Waals surface area contributed by atoms with Gasteiger partial charge in [0.15, 0.2) is 16.9 Å². The van der Waals surface area contributed by atoms with Gasteiger partial charge >= 0.3 is 0 Å². The summed E-state index contributed by atoms with van der Waals surface area (Å²) in [7, 11) is 0. The van der Waals surface area contributed by atoms with E-state index >= 15 is 0 Å². The maximum Gasteiger partial charge on any atom is 0.164 e. The van der Waals surface area contributed by atoms with E-state index in [-0.39, 0.29) is 0 Å². The summed E-state index contributed by atoms with van der Waals surface area (Å²) in [4.78, 5) is 30.8. The first-order chi connectivity index (χ1) is 35.5. The van der Waals surface area contributed by atoms with Crippen LogP contribution in [0.25, 0.3) is 118 Å². The Balaban J connectivity index is 1.14. The highest BCUT2D eigenvalue weighted by molar-refractivity contribution is 6.01. The van der Waals surface area contributed by atoms with Crippen molar-refractivity contribution in [2.24, 2.45) is 0 Å². The van der Waals surface area contributed by atoms with Gasteiger partial charge in [-0.05, 0) is 144 Å². The fourth-order valence-electron chi connectivity index (χ4n) is 10.9. The molecule has 0 saturated heterocycles. The zero-order valence-corrected chi connectivity index (χ0v) is 39.8. The zero-order valence-electron chi connectivity index (χ0n) is 39.8. The second kappa shape index (κ2) is 17.4. The summed E-state index contributed by atoms with van der Waals surface area (Å²) in [6, 6.07) is 69.2. The highest BCUT2D eigenvalue weighted by atomic mass is 15.2. The molecule has 0 saturated carbocycles. The van der Waals surface area contributed by atoms with Gasteiger partial charge in [-0.3, -0.25) is 13.7 Å². The van der Waals surface area contributed by atoms with Crippen LogP contribution in [0.3, 0.4) is 0 Å². The first-order valence-corrected chi connectivity index (χ1v) is 24.1. The molecule has 0 aliphatic heterocycles. The van der Waals surface area contributed by atoms with Crippen LogP contribution in [0, 0.1) is 20.8 Å². The van der Waals surface area contributed by atoms with Crippen molar-refractivity contribution in [2.75, 3.05) is 0 Å². The van der Waals surface area contributed by atoms with E-state index in [0.717, 1.165) is 135 Å². The number of fused-ring (bicyclic) bond motifs is 3. The predicted molar refractivity (Wildman–Crippen MR) is 291 cm³/mol. The summed E-state index contributed by atoms with van der Waals surface area (Å²) < 4.78 is 6.55. The van der Waals surface area contributed by atoms with Crippen LogP contribution in [0.4, 0.5) is 0 Å². The minimum atomic E-state index is 0.793. The van der Waals surface area contributed by atoms with Crippen LogP contribution in [0.15, 0.2) is 219 Å². The number of para-hydroxylation sites is 3.